The van der Waals surface area contributed by atoms with E-state index in [2.05, 4.69) is 17.6 Å². The van der Waals surface area contributed by atoms with E-state index in [1.165, 1.54) is 11.3 Å². The molecule has 0 radical (unpaired) electrons. The van der Waals surface area contributed by atoms with Crippen molar-refractivity contribution in [2.45, 2.75) is 38.8 Å². The predicted molar refractivity (Wildman–Crippen MR) is 116 cm³/mol. The summed E-state index contributed by atoms with van der Waals surface area (Å²) in [5.74, 6) is 0.0445. The van der Waals surface area contributed by atoms with E-state index in [1.54, 1.807) is 0 Å². The highest BCUT2D eigenvalue weighted by atomic mass is 35.5. The lowest BCUT2D eigenvalue weighted by Gasteiger charge is -2.34. The zero-order valence-electron chi connectivity index (χ0n) is 16.1. The molecule has 0 saturated carbocycles. The van der Waals surface area contributed by atoms with Crippen LogP contribution in [0.15, 0.2) is 41.8 Å². The molecule has 0 bridgehead atoms. The minimum atomic E-state index is -0.0646. The van der Waals surface area contributed by atoms with E-state index < -0.39 is 0 Å². The molecule has 2 heterocycles. The average molecular weight is 422 g/mol. The molecule has 0 atom stereocenters. The Labute approximate surface area is 176 Å². The molecule has 1 aliphatic rings. The summed E-state index contributed by atoms with van der Waals surface area (Å²) in [6.07, 6.45) is 2.99. The summed E-state index contributed by atoms with van der Waals surface area (Å²) in [5.41, 5.74) is 1.70. The largest absolute Gasteiger partial charge is 0.347 e. The maximum absolute atomic E-state index is 13.0. The number of benzene rings is 1. The number of hydrogen-bond acceptors (Lipinski definition) is 4. The van der Waals surface area contributed by atoms with E-state index in [0.717, 1.165) is 50.0 Å². The van der Waals surface area contributed by atoms with Gasteiger partial charge in [-0.05, 0) is 61.5 Å². The molecule has 1 fully saturated rings. The molecule has 1 aromatic carbocycles. The molecular weight excluding hydrogens is 394 g/mol. The third-order valence-corrected chi connectivity index (χ3v) is 5.74. The highest BCUT2D eigenvalue weighted by molar-refractivity contribution is 7.12. The Balaban J connectivity index is 0.00000280. The van der Waals surface area contributed by atoms with Crippen LogP contribution in [0.5, 0.6) is 0 Å². The second-order valence-corrected chi connectivity index (χ2v) is 7.78. The molecular formula is C21H28ClN3O2S. The molecule has 0 spiro atoms. The molecule has 152 valence electrons. The molecule has 1 aromatic heterocycles. The Hall–Kier alpha value is -1.89. The molecule has 7 heteroatoms. The molecule has 1 saturated heterocycles. The predicted octanol–water partition coefficient (Wildman–Crippen LogP) is 3.70. The summed E-state index contributed by atoms with van der Waals surface area (Å²) in [7, 11) is 0. The van der Waals surface area contributed by atoms with Gasteiger partial charge in [0.2, 0.25) is 0 Å². The SMILES string of the molecule is CCCN(C(=O)c1ccc(CNC(=O)c2cccs2)cc1)C1CCNCC1.Cl. The second kappa shape index (κ2) is 11.2. The lowest BCUT2D eigenvalue weighted by molar-refractivity contribution is 0.0642. The van der Waals surface area contributed by atoms with Gasteiger partial charge in [-0.15, -0.1) is 23.7 Å². The van der Waals surface area contributed by atoms with Gasteiger partial charge < -0.3 is 15.5 Å². The molecule has 2 amide bonds. The number of amides is 2. The van der Waals surface area contributed by atoms with Gasteiger partial charge in [0.1, 0.15) is 0 Å². The molecule has 5 nitrogen and oxygen atoms in total. The zero-order valence-corrected chi connectivity index (χ0v) is 17.8. The number of nitrogens with one attached hydrogen (secondary N) is 2. The average Bonchev–Trinajstić information content (AvgIpc) is 3.26. The molecule has 2 N–H and O–H groups in total. The third kappa shape index (κ3) is 5.80. The molecule has 2 aromatic rings. The first kappa shape index (κ1) is 22.4. The van der Waals surface area contributed by atoms with E-state index >= 15 is 0 Å². The van der Waals surface area contributed by atoms with Gasteiger partial charge in [0, 0.05) is 24.7 Å². The van der Waals surface area contributed by atoms with Gasteiger partial charge in [0.15, 0.2) is 0 Å². The number of rotatable bonds is 7. The van der Waals surface area contributed by atoms with Gasteiger partial charge in [0.05, 0.1) is 4.88 Å². The Morgan fingerprint density at radius 2 is 1.89 bits per heavy atom. The van der Waals surface area contributed by atoms with Crippen molar-refractivity contribution in [3.63, 3.8) is 0 Å². The second-order valence-electron chi connectivity index (χ2n) is 6.84. The molecule has 28 heavy (non-hydrogen) atoms. The van der Waals surface area contributed by atoms with Gasteiger partial charge in [0.25, 0.3) is 11.8 Å². The summed E-state index contributed by atoms with van der Waals surface area (Å²) in [6, 6.07) is 11.6. The maximum Gasteiger partial charge on any atom is 0.261 e. The number of hydrogen-bond donors (Lipinski definition) is 2. The van der Waals surface area contributed by atoms with Gasteiger partial charge >= 0.3 is 0 Å². The third-order valence-electron chi connectivity index (χ3n) is 4.87. The van der Waals surface area contributed by atoms with Crippen molar-refractivity contribution >= 4 is 35.6 Å². The van der Waals surface area contributed by atoms with Crippen molar-refractivity contribution < 1.29 is 9.59 Å². The number of carbonyl (C=O) groups excluding carboxylic acids is 2. The Morgan fingerprint density at radius 3 is 2.50 bits per heavy atom. The van der Waals surface area contributed by atoms with E-state index in [1.807, 2.05) is 46.7 Å². The summed E-state index contributed by atoms with van der Waals surface area (Å²) < 4.78 is 0. The van der Waals surface area contributed by atoms with Gasteiger partial charge in [-0.1, -0.05) is 25.1 Å². The summed E-state index contributed by atoms with van der Waals surface area (Å²) in [6.45, 7) is 5.31. The van der Waals surface area contributed by atoms with Crippen molar-refractivity contribution in [1.29, 1.82) is 0 Å². The van der Waals surface area contributed by atoms with Crippen molar-refractivity contribution in [1.82, 2.24) is 15.5 Å². The number of carbonyl (C=O) groups is 2. The first-order valence-electron chi connectivity index (χ1n) is 9.61. The zero-order chi connectivity index (χ0) is 19.1. The first-order valence-corrected chi connectivity index (χ1v) is 10.5. The van der Waals surface area contributed by atoms with E-state index in [4.69, 9.17) is 0 Å². The summed E-state index contributed by atoms with van der Waals surface area (Å²) >= 11 is 1.43. The summed E-state index contributed by atoms with van der Waals surface area (Å²) in [5, 5.41) is 8.16. The van der Waals surface area contributed by atoms with Crippen LogP contribution in [0, 0.1) is 0 Å². The van der Waals surface area contributed by atoms with Gasteiger partial charge in [-0.25, -0.2) is 0 Å². The summed E-state index contributed by atoms with van der Waals surface area (Å²) in [4.78, 5) is 27.8. The number of nitrogens with zero attached hydrogens (tertiary/aromatic N) is 1. The van der Waals surface area contributed by atoms with Crippen LogP contribution in [0.2, 0.25) is 0 Å². The molecule has 0 unspecified atom stereocenters. The van der Waals surface area contributed by atoms with E-state index in [-0.39, 0.29) is 24.2 Å². The van der Waals surface area contributed by atoms with Crippen LogP contribution in [0.1, 0.15) is 51.8 Å². The minimum absolute atomic E-state index is 0. The Bertz CT molecular complexity index is 744. The lowest BCUT2D eigenvalue weighted by Crippen LogP contribution is -2.46. The van der Waals surface area contributed by atoms with Crippen LogP contribution in [-0.4, -0.2) is 42.4 Å². The van der Waals surface area contributed by atoms with Crippen LogP contribution >= 0.6 is 23.7 Å². The van der Waals surface area contributed by atoms with E-state index in [0.29, 0.717) is 17.5 Å². The van der Waals surface area contributed by atoms with Crippen LogP contribution < -0.4 is 10.6 Å². The fourth-order valence-corrected chi connectivity index (χ4v) is 4.06. The Kier molecular flexibility index (Phi) is 8.96. The van der Waals surface area contributed by atoms with Crippen LogP contribution in [0.4, 0.5) is 0 Å². The fourth-order valence-electron chi connectivity index (χ4n) is 3.42. The van der Waals surface area contributed by atoms with Crippen molar-refractivity contribution in [3.05, 3.63) is 57.8 Å². The molecule has 1 aliphatic heterocycles. The number of thiophene rings is 1. The van der Waals surface area contributed by atoms with Crippen molar-refractivity contribution in [2.24, 2.45) is 0 Å². The lowest BCUT2D eigenvalue weighted by atomic mass is 10.0. The quantitative estimate of drug-likeness (QED) is 0.716. The highest BCUT2D eigenvalue weighted by Gasteiger charge is 2.25. The van der Waals surface area contributed by atoms with Crippen LogP contribution in [-0.2, 0) is 6.54 Å². The number of piperidine rings is 1. The van der Waals surface area contributed by atoms with Gasteiger partial charge in [-0.2, -0.15) is 0 Å². The fraction of sp³-hybridized carbons (Fsp3) is 0.429. The van der Waals surface area contributed by atoms with Crippen molar-refractivity contribution in [3.8, 4) is 0 Å². The van der Waals surface area contributed by atoms with Crippen LogP contribution in [0.25, 0.3) is 0 Å². The van der Waals surface area contributed by atoms with E-state index in [9.17, 15) is 9.59 Å². The number of halogens is 1. The monoisotopic (exact) mass is 421 g/mol. The highest BCUT2D eigenvalue weighted by Crippen LogP contribution is 2.17. The molecule has 3 rings (SSSR count). The standard InChI is InChI=1S/C21H27N3O2S.ClH/c1-2-13-24(18-9-11-22-12-10-18)21(26)17-7-5-16(6-8-17)15-23-20(25)19-4-3-14-27-19;/h3-8,14,18,22H,2,9-13,15H2,1H3,(H,23,25);1H. The first-order chi connectivity index (χ1) is 13.2. The van der Waals surface area contributed by atoms with Crippen molar-refractivity contribution in [2.75, 3.05) is 19.6 Å². The topological polar surface area (TPSA) is 61.4 Å². The normalized spacial score (nSPS) is 14.2. The maximum atomic E-state index is 13.0. The minimum Gasteiger partial charge on any atom is -0.347 e. The smallest absolute Gasteiger partial charge is 0.261 e. The molecule has 0 aliphatic carbocycles. The Morgan fingerprint density at radius 1 is 1.18 bits per heavy atom. The van der Waals surface area contributed by atoms with Crippen LogP contribution in [0.3, 0.4) is 0 Å². The van der Waals surface area contributed by atoms with Gasteiger partial charge in [-0.3, -0.25) is 9.59 Å².